The second-order valence-electron chi connectivity index (χ2n) is 8.18. The van der Waals surface area contributed by atoms with E-state index in [-0.39, 0.29) is 17.1 Å². The molecule has 0 bridgehead atoms. The summed E-state index contributed by atoms with van der Waals surface area (Å²) in [6.45, 7) is 15.6. The molecule has 0 saturated heterocycles. The van der Waals surface area contributed by atoms with Gasteiger partial charge in [0.25, 0.3) is 0 Å². The smallest absolute Gasteiger partial charge is 0.120 e. The van der Waals surface area contributed by atoms with Gasteiger partial charge in [0.15, 0.2) is 0 Å². The van der Waals surface area contributed by atoms with Crippen LogP contribution in [0.1, 0.15) is 86.1 Å². The fourth-order valence-corrected chi connectivity index (χ4v) is 3.54. The Morgan fingerprint density at radius 2 is 1.48 bits per heavy atom. The molecule has 0 aliphatic rings. The minimum atomic E-state index is -0.528. The van der Waals surface area contributed by atoms with Crippen LogP contribution < -0.4 is 4.74 Å². The van der Waals surface area contributed by atoms with Crippen molar-refractivity contribution in [3.63, 3.8) is 0 Å². The molecule has 0 heterocycles. The molecule has 1 aromatic rings. The zero-order chi connectivity index (χ0) is 20.5. The van der Waals surface area contributed by atoms with Crippen LogP contribution in [0, 0.1) is 5.41 Å². The fraction of sp³-hybridized carbons (Fsp3) is 0.750. The Hall–Kier alpha value is -1.06. The van der Waals surface area contributed by atoms with Crippen LogP contribution in [0.4, 0.5) is 0 Å². The largest absolute Gasteiger partial charge is 0.487 e. The molecule has 0 aliphatic heterocycles. The Bertz CT molecular complexity index is 515. The number of hydrogen-bond acceptors (Lipinski definition) is 3. The lowest BCUT2D eigenvalue weighted by molar-refractivity contribution is -0.0795. The van der Waals surface area contributed by atoms with E-state index in [4.69, 9.17) is 9.47 Å². The van der Waals surface area contributed by atoms with Crippen molar-refractivity contribution in [3.05, 3.63) is 29.8 Å². The van der Waals surface area contributed by atoms with Gasteiger partial charge in [-0.15, -0.1) is 0 Å². The molecule has 0 aliphatic carbocycles. The highest BCUT2D eigenvalue weighted by atomic mass is 16.5. The molecule has 0 aromatic heterocycles. The predicted octanol–water partition coefficient (Wildman–Crippen LogP) is 6.17. The molecule has 1 rings (SSSR count). The molecule has 2 unspecified atom stereocenters. The van der Waals surface area contributed by atoms with Crippen LogP contribution in [0.5, 0.6) is 5.75 Å². The van der Waals surface area contributed by atoms with Crippen LogP contribution in [0.3, 0.4) is 0 Å². The van der Waals surface area contributed by atoms with Gasteiger partial charge in [-0.1, -0.05) is 53.7 Å². The molecule has 156 valence electrons. The number of aliphatic hydroxyl groups excluding tert-OH is 1. The maximum Gasteiger partial charge on any atom is 0.120 e. The van der Waals surface area contributed by atoms with E-state index in [1.807, 2.05) is 12.1 Å². The third kappa shape index (κ3) is 6.80. The lowest BCUT2D eigenvalue weighted by Gasteiger charge is -2.37. The molecule has 3 heteroatoms. The van der Waals surface area contributed by atoms with E-state index >= 15 is 0 Å². The predicted molar refractivity (Wildman–Crippen MR) is 114 cm³/mol. The van der Waals surface area contributed by atoms with Crippen LogP contribution in [0.15, 0.2) is 24.3 Å². The topological polar surface area (TPSA) is 38.7 Å². The van der Waals surface area contributed by atoms with Gasteiger partial charge in [0.1, 0.15) is 11.4 Å². The van der Waals surface area contributed by atoms with Gasteiger partial charge < -0.3 is 14.6 Å². The highest BCUT2D eigenvalue weighted by molar-refractivity contribution is 5.27. The van der Waals surface area contributed by atoms with E-state index in [1.54, 1.807) is 0 Å². The highest BCUT2D eigenvalue weighted by Crippen LogP contribution is 2.33. The van der Waals surface area contributed by atoms with Crippen molar-refractivity contribution in [2.45, 2.75) is 105 Å². The first-order chi connectivity index (χ1) is 12.8. The van der Waals surface area contributed by atoms with E-state index in [0.717, 1.165) is 37.9 Å². The van der Waals surface area contributed by atoms with Crippen LogP contribution in [-0.4, -0.2) is 29.5 Å². The van der Waals surface area contributed by atoms with E-state index < -0.39 is 6.10 Å². The zero-order valence-corrected chi connectivity index (χ0v) is 18.7. The second-order valence-corrected chi connectivity index (χ2v) is 8.18. The minimum absolute atomic E-state index is 0.127. The average molecular weight is 379 g/mol. The van der Waals surface area contributed by atoms with E-state index in [2.05, 4.69) is 60.6 Å². The summed E-state index contributed by atoms with van der Waals surface area (Å²) < 4.78 is 12.4. The molecule has 1 N–H and O–H groups in total. The SMILES string of the molecule is CCc1ccc(OC(CC)(CC)CC(O)COC(C)C(C)(CC)CC)cc1. The molecule has 1 aromatic carbocycles. The molecule has 27 heavy (non-hydrogen) atoms. The molecule has 3 nitrogen and oxygen atoms in total. The van der Waals surface area contributed by atoms with Crippen molar-refractivity contribution >= 4 is 0 Å². The van der Waals surface area contributed by atoms with Gasteiger partial charge in [0, 0.05) is 6.42 Å². The highest BCUT2D eigenvalue weighted by Gasteiger charge is 2.33. The second kappa shape index (κ2) is 11.1. The zero-order valence-electron chi connectivity index (χ0n) is 18.7. The summed E-state index contributed by atoms with van der Waals surface area (Å²) in [7, 11) is 0. The number of hydrogen-bond donors (Lipinski definition) is 1. The van der Waals surface area contributed by atoms with E-state index in [1.165, 1.54) is 5.56 Å². The first-order valence-corrected chi connectivity index (χ1v) is 10.9. The van der Waals surface area contributed by atoms with Gasteiger partial charge in [-0.3, -0.25) is 0 Å². The third-order valence-corrected chi connectivity index (χ3v) is 6.70. The van der Waals surface area contributed by atoms with Crippen molar-refractivity contribution < 1.29 is 14.6 Å². The molecule has 0 fully saturated rings. The molecular weight excluding hydrogens is 336 g/mol. The van der Waals surface area contributed by atoms with Crippen LogP contribution >= 0.6 is 0 Å². The molecule has 0 spiro atoms. The van der Waals surface area contributed by atoms with Crippen LogP contribution in [0.2, 0.25) is 0 Å². The summed E-state index contributed by atoms with van der Waals surface area (Å²) in [5.41, 5.74) is 1.10. The van der Waals surface area contributed by atoms with Gasteiger partial charge in [0.2, 0.25) is 0 Å². The number of ether oxygens (including phenoxy) is 2. The number of aryl methyl sites for hydroxylation is 1. The lowest BCUT2D eigenvalue weighted by Crippen LogP contribution is -2.41. The fourth-order valence-electron chi connectivity index (χ4n) is 3.54. The maximum absolute atomic E-state index is 10.7. The van der Waals surface area contributed by atoms with Gasteiger partial charge in [-0.2, -0.15) is 0 Å². The minimum Gasteiger partial charge on any atom is -0.487 e. The van der Waals surface area contributed by atoms with Crippen LogP contribution in [-0.2, 0) is 11.2 Å². The Labute approximate surface area is 167 Å². The third-order valence-electron chi connectivity index (χ3n) is 6.70. The van der Waals surface area contributed by atoms with Crippen molar-refractivity contribution in [1.82, 2.24) is 0 Å². The monoisotopic (exact) mass is 378 g/mol. The summed E-state index contributed by atoms with van der Waals surface area (Å²) in [5, 5.41) is 10.7. The normalized spacial score (nSPS) is 14.8. The average Bonchev–Trinajstić information content (AvgIpc) is 2.71. The molecule has 0 amide bonds. The molecule has 2 atom stereocenters. The number of benzene rings is 1. The van der Waals surface area contributed by atoms with Crippen molar-refractivity contribution in [2.24, 2.45) is 5.41 Å². The van der Waals surface area contributed by atoms with Gasteiger partial charge in [-0.25, -0.2) is 0 Å². The lowest BCUT2D eigenvalue weighted by atomic mass is 9.80. The Kier molecular flexibility index (Phi) is 9.83. The summed E-state index contributed by atoms with van der Waals surface area (Å²) >= 11 is 0. The molecule has 0 radical (unpaired) electrons. The summed E-state index contributed by atoms with van der Waals surface area (Å²) in [5.74, 6) is 0.877. The summed E-state index contributed by atoms with van der Waals surface area (Å²) in [4.78, 5) is 0. The number of rotatable bonds is 13. The van der Waals surface area contributed by atoms with E-state index in [9.17, 15) is 5.11 Å². The maximum atomic E-state index is 10.7. The first kappa shape index (κ1) is 24.0. The van der Waals surface area contributed by atoms with Gasteiger partial charge >= 0.3 is 0 Å². The van der Waals surface area contributed by atoms with Crippen LogP contribution in [0.25, 0.3) is 0 Å². The molecular formula is C24H42O3. The standard InChI is InChI=1S/C24H42O3/c1-8-20-13-15-22(16-14-20)27-24(11-4,12-5)17-21(25)18-26-19(6)23(7,9-2)10-3/h13-16,19,21,25H,8-12,17-18H2,1-7H3. The van der Waals surface area contributed by atoms with Gasteiger partial charge in [0.05, 0.1) is 18.8 Å². The van der Waals surface area contributed by atoms with Crippen molar-refractivity contribution in [2.75, 3.05) is 6.61 Å². The van der Waals surface area contributed by atoms with Crippen molar-refractivity contribution in [1.29, 1.82) is 0 Å². The van der Waals surface area contributed by atoms with Gasteiger partial charge in [-0.05, 0) is 62.1 Å². The quantitative estimate of drug-likeness (QED) is 0.446. The Morgan fingerprint density at radius 3 is 1.93 bits per heavy atom. The molecule has 0 saturated carbocycles. The first-order valence-electron chi connectivity index (χ1n) is 10.9. The Morgan fingerprint density at radius 1 is 0.926 bits per heavy atom. The Balaban J connectivity index is 2.71. The van der Waals surface area contributed by atoms with Crippen molar-refractivity contribution in [3.8, 4) is 5.75 Å². The summed E-state index contributed by atoms with van der Waals surface area (Å²) in [6.07, 6.45) is 5.06. The number of aliphatic hydroxyl groups is 1. The summed E-state index contributed by atoms with van der Waals surface area (Å²) in [6, 6.07) is 8.31. The van der Waals surface area contributed by atoms with E-state index in [0.29, 0.717) is 13.0 Å².